The van der Waals surface area contributed by atoms with Crippen molar-refractivity contribution in [2.75, 3.05) is 17.2 Å². The van der Waals surface area contributed by atoms with E-state index in [9.17, 15) is 4.39 Å². The lowest BCUT2D eigenvalue weighted by molar-refractivity contribution is 0.619. The van der Waals surface area contributed by atoms with Crippen molar-refractivity contribution in [3.05, 3.63) is 41.3 Å². The van der Waals surface area contributed by atoms with E-state index in [1.54, 1.807) is 24.3 Å². The molecule has 0 aliphatic rings. The van der Waals surface area contributed by atoms with Gasteiger partial charge in [0, 0.05) is 17.3 Å². The van der Waals surface area contributed by atoms with Crippen LogP contribution < -0.4 is 10.6 Å². The molecule has 0 spiro atoms. The molecule has 0 aliphatic heterocycles. The Bertz CT molecular complexity index is 530. The second-order valence-corrected chi connectivity index (χ2v) is 3.99. The zero-order valence-electron chi connectivity index (χ0n) is 9.74. The predicted octanol–water partition coefficient (Wildman–Crippen LogP) is 3.44. The molecule has 0 aliphatic carbocycles. The number of aromatic nitrogens is 2. The smallest absolute Gasteiger partial charge is 0.224 e. The quantitative estimate of drug-likeness (QED) is 0.890. The van der Waals surface area contributed by atoms with Gasteiger partial charge in [-0.2, -0.15) is 4.98 Å². The normalized spacial score (nSPS) is 10.2. The molecule has 1 aromatic heterocycles. The molecular formula is C12H12ClFN4. The summed E-state index contributed by atoms with van der Waals surface area (Å²) in [6, 6.07) is 6.93. The average molecular weight is 267 g/mol. The largest absolute Gasteiger partial charge is 0.354 e. The summed E-state index contributed by atoms with van der Waals surface area (Å²) in [5.74, 6) is 0.00485. The van der Waals surface area contributed by atoms with Crippen molar-refractivity contribution in [2.24, 2.45) is 0 Å². The van der Waals surface area contributed by atoms with Crippen LogP contribution in [0, 0.1) is 5.82 Å². The summed E-state index contributed by atoms with van der Waals surface area (Å²) in [6.07, 6.45) is 1.13. The first-order valence-corrected chi connectivity index (χ1v) is 5.86. The van der Waals surface area contributed by atoms with Crippen LogP contribution in [0.3, 0.4) is 0 Å². The molecule has 0 saturated carbocycles. The molecule has 0 bridgehead atoms. The van der Waals surface area contributed by atoms with Gasteiger partial charge < -0.3 is 10.6 Å². The highest BCUT2D eigenvalue weighted by Gasteiger charge is 2.06. The molecule has 1 heterocycles. The minimum atomic E-state index is -0.508. The topological polar surface area (TPSA) is 49.8 Å². The van der Waals surface area contributed by atoms with E-state index < -0.39 is 5.82 Å². The van der Waals surface area contributed by atoms with Crippen LogP contribution in [0.1, 0.15) is 6.92 Å². The maximum absolute atomic E-state index is 13.5. The van der Waals surface area contributed by atoms with Crippen LogP contribution in [0.25, 0.3) is 0 Å². The van der Waals surface area contributed by atoms with Gasteiger partial charge in [0.1, 0.15) is 0 Å². The number of hydrogen-bond donors (Lipinski definition) is 2. The molecule has 4 nitrogen and oxygen atoms in total. The van der Waals surface area contributed by atoms with Gasteiger partial charge in [0.25, 0.3) is 0 Å². The third-order valence-corrected chi connectivity index (χ3v) is 2.44. The van der Waals surface area contributed by atoms with Crippen molar-refractivity contribution < 1.29 is 4.39 Å². The molecule has 1 aromatic carbocycles. The highest BCUT2D eigenvalue weighted by Crippen LogP contribution is 2.20. The Morgan fingerprint density at radius 2 is 2.00 bits per heavy atom. The highest BCUT2D eigenvalue weighted by atomic mass is 35.5. The highest BCUT2D eigenvalue weighted by molar-refractivity contribution is 6.30. The fraction of sp³-hybridized carbons (Fsp3) is 0.167. The lowest BCUT2D eigenvalue weighted by Crippen LogP contribution is -2.05. The van der Waals surface area contributed by atoms with E-state index in [1.807, 2.05) is 6.92 Å². The SMILES string of the molecule is CCNc1ncc(F)c(Nc2ccc(Cl)cc2)n1. The Hall–Kier alpha value is -1.88. The zero-order valence-corrected chi connectivity index (χ0v) is 10.5. The lowest BCUT2D eigenvalue weighted by atomic mass is 10.3. The van der Waals surface area contributed by atoms with Crippen molar-refractivity contribution in [3.63, 3.8) is 0 Å². The molecule has 0 saturated heterocycles. The first kappa shape index (κ1) is 12.6. The molecule has 94 valence electrons. The first-order valence-electron chi connectivity index (χ1n) is 5.48. The Morgan fingerprint density at radius 3 is 2.67 bits per heavy atom. The number of anilines is 3. The minimum Gasteiger partial charge on any atom is -0.354 e. The van der Waals surface area contributed by atoms with E-state index in [0.29, 0.717) is 23.2 Å². The van der Waals surface area contributed by atoms with Crippen LogP contribution in [-0.2, 0) is 0 Å². The Morgan fingerprint density at radius 1 is 1.28 bits per heavy atom. The maximum Gasteiger partial charge on any atom is 0.224 e. The average Bonchev–Trinajstić information content (AvgIpc) is 2.36. The summed E-state index contributed by atoms with van der Waals surface area (Å²) in [4.78, 5) is 7.86. The molecular weight excluding hydrogens is 255 g/mol. The van der Waals surface area contributed by atoms with Gasteiger partial charge in [-0.05, 0) is 31.2 Å². The van der Waals surface area contributed by atoms with E-state index in [1.165, 1.54) is 0 Å². The number of hydrogen-bond acceptors (Lipinski definition) is 4. The monoisotopic (exact) mass is 266 g/mol. The number of rotatable bonds is 4. The van der Waals surface area contributed by atoms with Crippen LogP contribution in [-0.4, -0.2) is 16.5 Å². The van der Waals surface area contributed by atoms with Crippen LogP contribution in [0.2, 0.25) is 5.02 Å². The summed E-state index contributed by atoms with van der Waals surface area (Å²) < 4.78 is 13.5. The fourth-order valence-corrected chi connectivity index (χ4v) is 1.49. The van der Waals surface area contributed by atoms with Crippen LogP contribution in [0.5, 0.6) is 0 Å². The summed E-state index contributed by atoms with van der Waals surface area (Å²) in [6.45, 7) is 2.59. The van der Waals surface area contributed by atoms with Crippen molar-refractivity contribution in [3.8, 4) is 0 Å². The van der Waals surface area contributed by atoms with Gasteiger partial charge in [0.05, 0.1) is 6.20 Å². The van der Waals surface area contributed by atoms with Crippen molar-refractivity contribution in [1.82, 2.24) is 9.97 Å². The molecule has 0 amide bonds. The fourth-order valence-electron chi connectivity index (χ4n) is 1.37. The standard InChI is InChI=1S/C12H12ClFN4/c1-2-15-12-16-7-10(14)11(18-12)17-9-5-3-8(13)4-6-9/h3-7H,2H2,1H3,(H2,15,16,17,18). The van der Waals surface area contributed by atoms with Crippen molar-refractivity contribution in [1.29, 1.82) is 0 Å². The van der Waals surface area contributed by atoms with E-state index in [-0.39, 0.29) is 5.82 Å². The van der Waals surface area contributed by atoms with Gasteiger partial charge in [-0.3, -0.25) is 0 Å². The lowest BCUT2D eigenvalue weighted by Gasteiger charge is -2.08. The number of nitrogens with zero attached hydrogens (tertiary/aromatic N) is 2. The van der Waals surface area contributed by atoms with Gasteiger partial charge in [-0.25, -0.2) is 9.37 Å². The van der Waals surface area contributed by atoms with E-state index in [2.05, 4.69) is 20.6 Å². The third-order valence-electron chi connectivity index (χ3n) is 2.19. The van der Waals surface area contributed by atoms with Gasteiger partial charge in [0.15, 0.2) is 11.6 Å². The van der Waals surface area contributed by atoms with Crippen LogP contribution in [0.15, 0.2) is 30.5 Å². The van der Waals surface area contributed by atoms with E-state index in [0.717, 1.165) is 6.20 Å². The maximum atomic E-state index is 13.5. The summed E-state index contributed by atoms with van der Waals surface area (Å²) in [5.41, 5.74) is 0.708. The van der Waals surface area contributed by atoms with Crippen molar-refractivity contribution in [2.45, 2.75) is 6.92 Å². The second-order valence-electron chi connectivity index (χ2n) is 3.55. The second kappa shape index (κ2) is 5.64. The molecule has 0 fully saturated rings. The molecule has 0 unspecified atom stereocenters. The number of nitrogens with one attached hydrogen (secondary N) is 2. The van der Waals surface area contributed by atoms with Gasteiger partial charge in [-0.15, -0.1) is 0 Å². The van der Waals surface area contributed by atoms with Gasteiger partial charge >= 0.3 is 0 Å². The van der Waals surface area contributed by atoms with Gasteiger partial charge in [0.2, 0.25) is 5.95 Å². The van der Waals surface area contributed by atoms with Crippen LogP contribution >= 0.6 is 11.6 Å². The molecule has 2 rings (SSSR count). The van der Waals surface area contributed by atoms with Crippen LogP contribution in [0.4, 0.5) is 21.8 Å². The molecule has 6 heteroatoms. The minimum absolute atomic E-state index is 0.128. The molecule has 18 heavy (non-hydrogen) atoms. The summed E-state index contributed by atoms with van der Waals surface area (Å²) >= 11 is 5.77. The third kappa shape index (κ3) is 3.07. The zero-order chi connectivity index (χ0) is 13.0. The molecule has 2 aromatic rings. The Labute approximate surface area is 109 Å². The molecule has 0 radical (unpaired) electrons. The Kier molecular flexibility index (Phi) is 3.94. The van der Waals surface area contributed by atoms with Gasteiger partial charge in [-0.1, -0.05) is 11.6 Å². The first-order chi connectivity index (χ1) is 8.69. The summed E-state index contributed by atoms with van der Waals surface area (Å²) in [5, 5.41) is 6.42. The van der Waals surface area contributed by atoms with E-state index in [4.69, 9.17) is 11.6 Å². The number of benzene rings is 1. The summed E-state index contributed by atoms with van der Waals surface area (Å²) in [7, 11) is 0. The Balaban J connectivity index is 2.22. The number of halogens is 2. The van der Waals surface area contributed by atoms with E-state index >= 15 is 0 Å². The predicted molar refractivity (Wildman–Crippen MR) is 70.9 cm³/mol. The van der Waals surface area contributed by atoms with Crippen molar-refractivity contribution >= 4 is 29.1 Å². The molecule has 2 N–H and O–H groups in total. The molecule has 0 atom stereocenters.